The molecule has 2 aliphatic heterocycles. The fourth-order valence-electron chi connectivity index (χ4n) is 3.98. The number of carbonyl (C=O) groups is 2. The Balaban J connectivity index is 1.46. The van der Waals surface area contributed by atoms with Crippen LogP contribution in [0.15, 0.2) is 101 Å². The lowest BCUT2D eigenvalue weighted by Gasteiger charge is -2.48. The van der Waals surface area contributed by atoms with Gasteiger partial charge in [-0.3, -0.25) is 14.7 Å². The van der Waals surface area contributed by atoms with Gasteiger partial charge in [-0.1, -0.05) is 78.5 Å². The van der Waals surface area contributed by atoms with Crippen molar-refractivity contribution in [2.45, 2.75) is 17.5 Å². The van der Waals surface area contributed by atoms with Crippen LogP contribution < -0.4 is 5.73 Å². The number of fused-ring (bicyclic) bond motifs is 1. The zero-order valence-electron chi connectivity index (χ0n) is 18.7. The first-order valence-corrected chi connectivity index (χ1v) is 13.0. The molecule has 0 aliphatic carbocycles. The van der Waals surface area contributed by atoms with Crippen LogP contribution in [0.4, 0.5) is 0 Å². The number of esters is 1. The molecule has 2 aromatic carbocycles. The van der Waals surface area contributed by atoms with E-state index in [1.54, 1.807) is 24.2 Å². The number of rotatable bonds is 7. The van der Waals surface area contributed by atoms with Crippen LogP contribution >= 0.6 is 23.5 Å². The Hall–Kier alpha value is -3.33. The van der Waals surface area contributed by atoms with Crippen molar-refractivity contribution in [1.82, 2.24) is 9.88 Å². The van der Waals surface area contributed by atoms with E-state index in [1.807, 2.05) is 84.3 Å². The Bertz CT molecular complexity index is 1230. The number of ether oxygens (including phenoxy) is 1. The number of nitrogens with two attached hydrogens (primary N) is 1. The smallest absolute Gasteiger partial charge is 0.356 e. The molecule has 3 heterocycles. The maximum atomic E-state index is 13.7. The molecule has 2 aliphatic rings. The summed E-state index contributed by atoms with van der Waals surface area (Å²) in [6, 6.07) is 22.4. The number of carbonyl (C=O) groups excluding carboxylic acids is 2. The molecule has 8 heteroatoms. The fraction of sp³-hybridized carbons (Fsp3) is 0.148. The Kier molecular flexibility index (Phi) is 7.03. The van der Waals surface area contributed by atoms with Crippen LogP contribution in [-0.4, -0.2) is 38.9 Å². The molecule has 0 saturated carbocycles. The lowest BCUT2D eigenvalue weighted by atomic mass is 10.0. The molecule has 35 heavy (non-hydrogen) atoms. The molecule has 1 fully saturated rings. The lowest BCUT2D eigenvalue weighted by Crippen LogP contribution is -2.68. The summed E-state index contributed by atoms with van der Waals surface area (Å²) in [5, 5.41) is 1.64. The van der Waals surface area contributed by atoms with Crippen molar-refractivity contribution in [3.8, 4) is 0 Å². The van der Waals surface area contributed by atoms with Gasteiger partial charge in [-0.2, -0.15) is 0 Å². The number of nitrogens with zero attached hydrogens (tertiary/aromatic N) is 2. The Morgan fingerprint density at radius 3 is 2.40 bits per heavy atom. The number of thioether (sulfide) groups is 2. The van der Waals surface area contributed by atoms with Gasteiger partial charge in [-0.25, -0.2) is 4.79 Å². The Morgan fingerprint density at radius 1 is 1.09 bits per heavy atom. The van der Waals surface area contributed by atoms with Crippen LogP contribution in [0.25, 0.3) is 6.08 Å². The molecule has 6 nitrogen and oxygen atoms in total. The molecular formula is C27H23N3O3S2. The SMILES string of the molecule is N[C@@H]1C(=O)N2C(C(=O)OC(c3ccccc3)c3ccccc3)=C(S/C=C\c3cccnc3)CS[C@H]12. The maximum Gasteiger partial charge on any atom is 0.356 e. The molecule has 5 rings (SSSR count). The quantitative estimate of drug-likeness (QED) is 0.375. The maximum absolute atomic E-state index is 13.7. The van der Waals surface area contributed by atoms with Crippen molar-refractivity contribution < 1.29 is 14.3 Å². The number of aromatic nitrogens is 1. The molecule has 0 unspecified atom stereocenters. The molecule has 1 amide bonds. The van der Waals surface area contributed by atoms with Gasteiger partial charge >= 0.3 is 5.97 Å². The number of β-lactam (4-membered cyclic amide) rings is 1. The largest absolute Gasteiger partial charge is 0.448 e. The Labute approximate surface area is 212 Å². The summed E-state index contributed by atoms with van der Waals surface area (Å²) in [6.45, 7) is 0. The molecule has 3 aromatic rings. The third-order valence-corrected chi connectivity index (χ3v) is 8.13. The zero-order valence-corrected chi connectivity index (χ0v) is 20.3. The number of pyridine rings is 1. The summed E-state index contributed by atoms with van der Waals surface area (Å²) >= 11 is 2.96. The first-order chi connectivity index (χ1) is 17.1. The second kappa shape index (κ2) is 10.5. The van der Waals surface area contributed by atoms with Gasteiger partial charge in [0.15, 0.2) is 6.10 Å². The first-order valence-electron chi connectivity index (χ1n) is 11.1. The molecule has 176 valence electrons. The number of hydrogen-bond acceptors (Lipinski definition) is 7. The van der Waals surface area contributed by atoms with Crippen molar-refractivity contribution in [1.29, 1.82) is 0 Å². The third kappa shape index (κ3) is 4.91. The van der Waals surface area contributed by atoms with Crippen LogP contribution in [0.5, 0.6) is 0 Å². The minimum Gasteiger partial charge on any atom is -0.448 e. The van der Waals surface area contributed by atoms with Crippen molar-refractivity contribution in [2.75, 3.05) is 5.75 Å². The minimum atomic E-state index is -0.612. The second-order valence-electron chi connectivity index (χ2n) is 8.02. The molecule has 0 bridgehead atoms. The van der Waals surface area contributed by atoms with E-state index in [2.05, 4.69) is 4.98 Å². The topological polar surface area (TPSA) is 85.5 Å². The van der Waals surface area contributed by atoms with Crippen molar-refractivity contribution in [3.63, 3.8) is 0 Å². The summed E-state index contributed by atoms with van der Waals surface area (Å²) < 4.78 is 6.10. The van der Waals surface area contributed by atoms with Crippen molar-refractivity contribution in [3.05, 3.63) is 118 Å². The van der Waals surface area contributed by atoms with Crippen LogP contribution in [0.2, 0.25) is 0 Å². The van der Waals surface area contributed by atoms with Gasteiger partial charge in [0.25, 0.3) is 0 Å². The van der Waals surface area contributed by atoms with Gasteiger partial charge in [-0.15, -0.1) is 11.8 Å². The summed E-state index contributed by atoms with van der Waals surface area (Å²) in [4.78, 5) is 32.7. The standard InChI is InChI=1S/C27H23N3O3S2/c28-22-25(31)30-23(21(17-35-26(22)30)34-15-13-18-8-7-14-29-16-18)27(32)33-24(19-9-3-1-4-10-19)20-11-5-2-6-12-20/h1-16,22,24,26H,17,28H2/b15-13-/t22-,26-/m1/s1. The molecule has 0 spiro atoms. The van der Waals surface area contributed by atoms with Crippen LogP contribution in [0.3, 0.4) is 0 Å². The van der Waals surface area contributed by atoms with E-state index >= 15 is 0 Å². The van der Waals surface area contributed by atoms with Crippen molar-refractivity contribution in [2.24, 2.45) is 5.73 Å². The number of benzene rings is 2. The van der Waals surface area contributed by atoms with E-state index in [1.165, 1.54) is 16.7 Å². The molecule has 1 saturated heterocycles. The van der Waals surface area contributed by atoms with Crippen LogP contribution in [0.1, 0.15) is 22.8 Å². The molecular weight excluding hydrogens is 478 g/mol. The van der Waals surface area contributed by atoms with Crippen LogP contribution in [0, 0.1) is 0 Å². The number of hydrogen-bond donors (Lipinski definition) is 1. The van der Waals surface area contributed by atoms with E-state index < -0.39 is 18.1 Å². The fourth-order valence-corrected chi connectivity index (χ4v) is 6.28. The zero-order chi connectivity index (χ0) is 24.2. The summed E-state index contributed by atoms with van der Waals surface area (Å²) in [5.74, 6) is -0.235. The average molecular weight is 502 g/mol. The van der Waals surface area contributed by atoms with E-state index in [0.717, 1.165) is 21.6 Å². The normalized spacial score (nSPS) is 19.6. The highest BCUT2D eigenvalue weighted by molar-refractivity contribution is 8.08. The number of amides is 1. The molecule has 2 atom stereocenters. The van der Waals surface area contributed by atoms with Gasteiger partial charge in [0.1, 0.15) is 17.1 Å². The predicted molar refractivity (Wildman–Crippen MR) is 140 cm³/mol. The summed E-state index contributed by atoms with van der Waals surface area (Å²) in [7, 11) is 0. The van der Waals surface area contributed by atoms with Crippen LogP contribution in [-0.2, 0) is 14.3 Å². The van der Waals surface area contributed by atoms with Gasteiger partial charge in [-0.05, 0) is 34.2 Å². The second-order valence-corrected chi connectivity index (χ2v) is 10.1. The first kappa shape index (κ1) is 23.4. The van der Waals surface area contributed by atoms with E-state index in [4.69, 9.17) is 10.5 Å². The van der Waals surface area contributed by atoms with Gasteiger partial charge in [0.2, 0.25) is 5.91 Å². The molecule has 1 aromatic heterocycles. The monoisotopic (exact) mass is 501 g/mol. The molecule has 0 radical (unpaired) electrons. The van der Waals surface area contributed by atoms with Crippen molar-refractivity contribution >= 4 is 41.5 Å². The highest BCUT2D eigenvalue weighted by Gasteiger charge is 2.52. The summed E-state index contributed by atoms with van der Waals surface area (Å²) in [5.41, 5.74) is 8.96. The summed E-state index contributed by atoms with van der Waals surface area (Å²) in [6.07, 6.45) is 4.79. The minimum absolute atomic E-state index is 0.261. The van der Waals surface area contributed by atoms with Gasteiger partial charge in [0.05, 0.1) is 0 Å². The third-order valence-electron chi connectivity index (χ3n) is 5.75. The Morgan fingerprint density at radius 2 is 1.77 bits per heavy atom. The van der Waals surface area contributed by atoms with E-state index in [9.17, 15) is 9.59 Å². The molecule has 2 N–H and O–H groups in total. The average Bonchev–Trinajstić information content (AvgIpc) is 2.92. The van der Waals surface area contributed by atoms with Gasteiger partial charge < -0.3 is 10.5 Å². The highest BCUT2D eigenvalue weighted by atomic mass is 32.2. The van der Waals surface area contributed by atoms with E-state index in [0.29, 0.717) is 5.75 Å². The van der Waals surface area contributed by atoms with Gasteiger partial charge in [0, 0.05) is 23.1 Å². The predicted octanol–water partition coefficient (Wildman–Crippen LogP) is 4.57. The lowest BCUT2D eigenvalue weighted by molar-refractivity contribution is -0.152. The highest BCUT2D eigenvalue weighted by Crippen LogP contribution is 2.44. The van der Waals surface area contributed by atoms with E-state index in [-0.39, 0.29) is 17.0 Å².